The van der Waals surface area contributed by atoms with Gasteiger partial charge in [-0.3, -0.25) is 4.90 Å². The minimum atomic E-state index is -0.242. The van der Waals surface area contributed by atoms with Gasteiger partial charge in [-0.25, -0.2) is 0 Å². The fourth-order valence-corrected chi connectivity index (χ4v) is 6.08. The lowest BCUT2D eigenvalue weighted by molar-refractivity contribution is 0.190. The Morgan fingerprint density at radius 1 is 1.00 bits per heavy atom. The standard InChI is InChI=1S/C28H31NO4S.ClH/c1-2-19-12-13-29(18-19)14-15-32-24-9-6-20(7-10-24)27-28(21-4-3-5-22(30)16-21)34-26-17-23(31)8-11-25(26)33-27;/h3-11,16-17,19,27-28,30-31H,2,12-15,18H2,1H3;1H/t19-,27-,28+;/m0./s1. The molecule has 0 amide bonds. The van der Waals surface area contributed by atoms with Crippen LogP contribution in [0.3, 0.4) is 0 Å². The molecule has 3 atom stereocenters. The first-order valence-corrected chi connectivity index (χ1v) is 12.9. The molecule has 186 valence electrons. The highest BCUT2D eigenvalue weighted by atomic mass is 35.5. The number of phenolic OH excluding ortho intramolecular Hbond substituents is 2. The summed E-state index contributed by atoms with van der Waals surface area (Å²) in [6, 6.07) is 20.6. The summed E-state index contributed by atoms with van der Waals surface area (Å²) in [6.07, 6.45) is 2.32. The Morgan fingerprint density at radius 3 is 2.54 bits per heavy atom. The number of rotatable bonds is 7. The number of aromatic hydroxyl groups is 2. The molecular weight excluding hydrogens is 482 g/mol. The summed E-state index contributed by atoms with van der Waals surface area (Å²) in [5.74, 6) is 2.88. The zero-order valence-corrected chi connectivity index (χ0v) is 21.4. The fraction of sp³-hybridized carbons (Fsp3) is 0.357. The highest BCUT2D eigenvalue weighted by Gasteiger charge is 2.34. The van der Waals surface area contributed by atoms with Crippen molar-refractivity contribution in [3.63, 3.8) is 0 Å². The number of likely N-dealkylation sites (tertiary alicyclic amines) is 1. The van der Waals surface area contributed by atoms with Crippen LogP contribution in [0.2, 0.25) is 0 Å². The molecule has 0 saturated carbocycles. The van der Waals surface area contributed by atoms with Crippen LogP contribution in [-0.4, -0.2) is 41.4 Å². The van der Waals surface area contributed by atoms with Gasteiger partial charge in [-0.15, -0.1) is 24.2 Å². The van der Waals surface area contributed by atoms with Crippen molar-refractivity contribution in [2.24, 2.45) is 5.92 Å². The van der Waals surface area contributed by atoms with E-state index in [1.165, 1.54) is 25.9 Å². The second-order valence-corrected chi connectivity index (χ2v) is 10.3. The van der Waals surface area contributed by atoms with Gasteiger partial charge in [-0.2, -0.15) is 0 Å². The second-order valence-electron chi connectivity index (χ2n) is 9.08. The maximum absolute atomic E-state index is 10.1. The molecular formula is C28H32ClNO4S. The average molecular weight is 514 g/mol. The Hall–Kier alpha value is -2.54. The topological polar surface area (TPSA) is 62.2 Å². The van der Waals surface area contributed by atoms with Crippen molar-refractivity contribution in [1.82, 2.24) is 4.90 Å². The molecule has 3 aromatic rings. The Morgan fingerprint density at radius 2 is 1.80 bits per heavy atom. The van der Waals surface area contributed by atoms with Crippen molar-refractivity contribution in [2.45, 2.75) is 36.0 Å². The molecule has 2 heterocycles. The number of halogens is 1. The van der Waals surface area contributed by atoms with Gasteiger partial charge < -0.3 is 19.7 Å². The van der Waals surface area contributed by atoms with Crippen LogP contribution in [0.1, 0.15) is 42.2 Å². The van der Waals surface area contributed by atoms with Gasteiger partial charge in [0.15, 0.2) is 0 Å². The molecule has 0 bridgehead atoms. The van der Waals surface area contributed by atoms with Crippen LogP contribution in [0.15, 0.2) is 71.6 Å². The lowest BCUT2D eigenvalue weighted by atomic mass is 10.00. The lowest BCUT2D eigenvalue weighted by Crippen LogP contribution is -2.26. The SMILES string of the molecule is CC[C@H]1CCN(CCOc2ccc([C@@H]3Oc4ccc(O)cc4S[C@@H]3c3cccc(O)c3)cc2)C1.Cl. The molecule has 0 aromatic heterocycles. The summed E-state index contributed by atoms with van der Waals surface area (Å²) in [5.41, 5.74) is 2.01. The van der Waals surface area contributed by atoms with Gasteiger partial charge in [0.2, 0.25) is 0 Å². The zero-order valence-electron chi connectivity index (χ0n) is 19.8. The van der Waals surface area contributed by atoms with E-state index in [4.69, 9.17) is 9.47 Å². The molecule has 1 fully saturated rings. The lowest BCUT2D eigenvalue weighted by Gasteiger charge is -2.34. The van der Waals surface area contributed by atoms with Crippen LogP contribution in [0.25, 0.3) is 0 Å². The number of fused-ring (bicyclic) bond motifs is 1. The summed E-state index contributed by atoms with van der Waals surface area (Å²) in [7, 11) is 0. The second kappa shape index (κ2) is 11.5. The molecule has 0 unspecified atom stereocenters. The van der Waals surface area contributed by atoms with E-state index in [2.05, 4.69) is 24.0 Å². The smallest absolute Gasteiger partial charge is 0.140 e. The first-order chi connectivity index (χ1) is 16.6. The average Bonchev–Trinajstić information content (AvgIpc) is 3.32. The van der Waals surface area contributed by atoms with E-state index in [1.54, 1.807) is 36.0 Å². The van der Waals surface area contributed by atoms with E-state index in [-0.39, 0.29) is 35.3 Å². The molecule has 0 spiro atoms. The summed E-state index contributed by atoms with van der Waals surface area (Å²) in [6.45, 7) is 6.28. The maximum Gasteiger partial charge on any atom is 0.140 e. The van der Waals surface area contributed by atoms with Crippen molar-refractivity contribution in [2.75, 3.05) is 26.2 Å². The van der Waals surface area contributed by atoms with Gasteiger partial charge in [0.05, 0.1) is 10.1 Å². The van der Waals surface area contributed by atoms with Crippen molar-refractivity contribution < 1.29 is 19.7 Å². The third-order valence-electron chi connectivity index (χ3n) is 6.74. The van der Waals surface area contributed by atoms with Crippen molar-refractivity contribution in [3.8, 4) is 23.0 Å². The number of nitrogens with zero attached hydrogens (tertiary/aromatic N) is 1. The molecule has 5 nitrogen and oxygen atoms in total. The fourth-order valence-electron chi connectivity index (χ4n) is 4.77. The molecule has 0 radical (unpaired) electrons. The van der Waals surface area contributed by atoms with Gasteiger partial charge in [0.25, 0.3) is 0 Å². The minimum absolute atomic E-state index is 0. The van der Waals surface area contributed by atoms with Crippen LogP contribution >= 0.6 is 24.2 Å². The normalized spacial score (nSPS) is 21.6. The van der Waals surface area contributed by atoms with Gasteiger partial charge in [-0.05, 0) is 72.5 Å². The number of hydrogen-bond donors (Lipinski definition) is 2. The van der Waals surface area contributed by atoms with E-state index >= 15 is 0 Å². The van der Waals surface area contributed by atoms with E-state index < -0.39 is 0 Å². The van der Waals surface area contributed by atoms with E-state index in [0.29, 0.717) is 6.61 Å². The molecule has 35 heavy (non-hydrogen) atoms. The number of hydrogen-bond acceptors (Lipinski definition) is 6. The van der Waals surface area contributed by atoms with E-state index in [0.717, 1.165) is 40.0 Å². The Kier molecular flexibility index (Phi) is 8.37. The maximum atomic E-state index is 10.1. The minimum Gasteiger partial charge on any atom is -0.508 e. The van der Waals surface area contributed by atoms with E-state index in [1.807, 2.05) is 30.3 Å². The third-order valence-corrected chi connectivity index (χ3v) is 8.09. The third kappa shape index (κ3) is 6.00. The quantitative estimate of drug-likeness (QED) is 0.371. The van der Waals surface area contributed by atoms with Crippen LogP contribution in [0.4, 0.5) is 0 Å². The van der Waals surface area contributed by atoms with Crippen LogP contribution in [0, 0.1) is 5.92 Å². The van der Waals surface area contributed by atoms with Gasteiger partial charge in [0, 0.05) is 13.1 Å². The largest absolute Gasteiger partial charge is 0.508 e. The zero-order chi connectivity index (χ0) is 23.5. The predicted molar refractivity (Wildman–Crippen MR) is 142 cm³/mol. The highest BCUT2D eigenvalue weighted by molar-refractivity contribution is 7.99. The van der Waals surface area contributed by atoms with Gasteiger partial charge in [0.1, 0.15) is 35.7 Å². The monoisotopic (exact) mass is 513 g/mol. The van der Waals surface area contributed by atoms with Crippen molar-refractivity contribution in [3.05, 3.63) is 77.9 Å². The van der Waals surface area contributed by atoms with Crippen molar-refractivity contribution in [1.29, 1.82) is 0 Å². The Bertz CT molecular complexity index is 1130. The molecule has 7 heteroatoms. The molecule has 3 aromatic carbocycles. The highest BCUT2D eigenvalue weighted by Crippen LogP contribution is 2.54. The molecule has 2 aliphatic heterocycles. The molecule has 2 aliphatic rings. The molecule has 2 N–H and O–H groups in total. The Balaban J connectivity index is 0.00000289. The summed E-state index contributed by atoms with van der Waals surface area (Å²) in [4.78, 5) is 3.38. The summed E-state index contributed by atoms with van der Waals surface area (Å²) < 4.78 is 12.5. The van der Waals surface area contributed by atoms with Crippen LogP contribution in [-0.2, 0) is 0 Å². The summed E-state index contributed by atoms with van der Waals surface area (Å²) >= 11 is 1.64. The van der Waals surface area contributed by atoms with Crippen molar-refractivity contribution >= 4 is 24.2 Å². The van der Waals surface area contributed by atoms with Crippen LogP contribution < -0.4 is 9.47 Å². The predicted octanol–water partition coefficient (Wildman–Crippen LogP) is 6.60. The molecule has 1 saturated heterocycles. The van der Waals surface area contributed by atoms with Gasteiger partial charge >= 0.3 is 0 Å². The molecule has 5 rings (SSSR count). The van der Waals surface area contributed by atoms with E-state index in [9.17, 15) is 10.2 Å². The number of ether oxygens (including phenoxy) is 2. The number of benzene rings is 3. The number of thioether (sulfide) groups is 1. The Labute approximate surface area is 217 Å². The molecule has 0 aliphatic carbocycles. The van der Waals surface area contributed by atoms with Gasteiger partial charge in [-0.1, -0.05) is 37.6 Å². The van der Waals surface area contributed by atoms with Crippen LogP contribution in [0.5, 0.6) is 23.0 Å². The number of phenols is 2. The first-order valence-electron chi connectivity index (χ1n) is 12.0. The first kappa shape index (κ1) is 25.5. The summed E-state index contributed by atoms with van der Waals surface area (Å²) in [5, 5.41) is 19.9.